The summed E-state index contributed by atoms with van der Waals surface area (Å²) < 4.78 is 1.07. The Balaban J connectivity index is 2.30. The predicted octanol–water partition coefficient (Wildman–Crippen LogP) is 2.84. The number of nitrogens with one attached hydrogen (secondary N) is 1. The van der Waals surface area contributed by atoms with Crippen molar-refractivity contribution in [3.8, 4) is 0 Å². The van der Waals surface area contributed by atoms with E-state index >= 15 is 0 Å². The summed E-state index contributed by atoms with van der Waals surface area (Å²) in [5.41, 5.74) is 1.33. The maximum Gasteiger partial charge on any atom is 0.129 e. The Kier molecular flexibility index (Phi) is 2.54. The molecule has 0 aliphatic carbocycles. The monoisotopic (exact) mass is 240 g/mol. The summed E-state index contributed by atoms with van der Waals surface area (Å²) in [6.07, 6.45) is 4.23. The molecule has 1 aliphatic heterocycles. The number of pyridine rings is 1. The Morgan fingerprint density at radius 1 is 1.62 bits per heavy atom. The van der Waals surface area contributed by atoms with Crippen LogP contribution in [0.2, 0.25) is 0 Å². The topological polar surface area (TPSA) is 24.9 Å². The summed E-state index contributed by atoms with van der Waals surface area (Å²) in [4.78, 5) is 4.36. The van der Waals surface area contributed by atoms with Crippen LogP contribution in [0.15, 0.2) is 16.7 Å². The van der Waals surface area contributed by atoms with Gasteiger partial charge in [-0.1, -0.05) is 6.92 Å². The van der Waals surface area contributed by atoms with Gasteiger partial charge in [-0.15, -0.1) is 0 Å². The number of halogens is 1. The smallest absolute Gasteiger partial charge is 0.129 e. The summed E-state index contributed by atoms with van der Waals surface area (Å²) in [7, 11) is 0. The van der Waals surface area contributed by atoms with Gasteiger partial charge in [0.05, 0.1) is 0 Å². The second kappa shape index (κ2) is 3.66. The molecule has 0 saturated carbocycles. The highest BCUT2D eigenvalue weighted by atomic mass is 79.9. The van der Waals surface area contributed by atoms with Gasteiger partial charge in [-0.3, -0.25) is 0 Å². The SMILES string of the molecule is C[C@@H]1CCc2cc(Br)cnc2NC1. The van der Waals surface area contributed by atoms with E-state index in [2.05, 4.69) is 39.2 Å². The first-order valence-corrected chi connectivity index (χ1v) is 5.43. The summed E-state index contributed by atoms with van der Waals surface area (Å²) in [6, 6.07) is 2.16. The van der Waals surface area contributed by atoms with E-state index in [0.717, 1.165) is 29.2 Å². The lowest BCUT2D eigenvalue weighted by molar-refractivity contribution is 0.571. The van der Waals surface area contributed by atoms with Crippen molar-refractivity contribution in [3.63, 3.8) is 0 Å². The van der Waals surface area contributed by atoms with Crippen LogP contribution in [0.25, 0.3) is 0 Å². The van der Waals surface area contributed by atoms with Crippen LogP contribution in [0.4, 0.5) is 5.82 Å². The third-order valence-corrected chi connectivity index (χ3v) is 2.89. The maximum atomic E-state index is 4.36. The molecule has 0 fully saturated rings. The average Bonchev–Trinajstić information content (AvgIpc) is 2.29. The number of aryl methyl sites for hydroxylation is 1. The lowest BCUT2D eigenvalue weighted by atomic mass is 10.0. The van der Waals surface area contributed by atoms with Gasteiger partial charge in [0.2, 0.25) is 0 Å². The van der Waals surface area contributed by atoms with Gasteiger partial charge in [-0.25, -0.2) is 4.98 Å². The highest BCUT2D eigenvalue weighted by molar-refractivity contribution is 9.10. The summed E-state index contributed by atoms with van der Waals surface area (Å²) >= 11 is 3.44. The molecule has 1 aromatic heterocycles. The van der Waals surface area contributed by atoms with Crippen LogP contribution in [-0.4, -0.2) is 11.5 Å². The van der Waals surface area contributed by atoms with Crippen LogP contribution in [-0.2, 0) is 6.42 Å². The Bertz CT molecular complexity index is 312. The molecule has 0 unspecified atom stereocenters. The largest absolute Gasteiger partial charge is 0.370 e. The van der Waals surface area contributed by atoms with Gasteiger partial charge in [-0.05, 0) is 46.3 Å². The van der Waals surface area contributed by atoms with Crippen molar-refractivity contribution in [1.29, 1.82) is 0 Å². The molecule has 1 atom stereocenters. The lowest BCUT2D eigenvalue weighted by Crippen LogP contribution is -2.09. The maximum absolute atomic E-state index is 4.36. The van der Waals surface area contributed by atoms with Crippen molar-refractivity contribution in [3.05, 3.63) is 22.3 Å². The Hall–Kier alpha value is -0.570. The van der Waals surface area contributed by atoms with Gasteiger partial charge in [0.25, 0.3) is 0 Å². The van der Waals surface area contributed by atoms with Crippen molar-refractivity contribution in [2.45, 2.75) is 19.8 Å². The molecule has 3 heteroatoms. The normalized spacial score (nSPS) is 21.5. The number of nitrogens with zero attached hydrogens (tertiary/aromatic N) is 1. The highest BCUT2D eigenvalue weighted by Gasteiger charge is 2.12. The molecule has 0 saturated heterocycles. The Labute approximate surface area is 86.9 Å². The standard InChI is InChI=1S/C10H13BrN2/c1-7-2-3-8-4-9(11)6-13-10(8)12-5-7/h4,6-7H,2-3,5H2,1H3,(H,12,13)/t7-/m1/s1. The highest BCUT2D eigenvalue weighted by Crippen LogP contribution is 2.24. The molecular weight excluding hydrogens is 228 g/mol. The molecule has 13 heavy (non-hydrogen) atoms. The van der Waals surface area contributed by atoms with E-state index < -0.39 is 0 Å². The van der Waals surface area contributed by atoms with E-state index in [0.29, 0.717) is 0 Å². The number of rotatable bonds is 0. The van der Waals surface area contributed by atoms with E-state index in [1.54, 1.807) is 0 Å². The van der Waals surface area contributed by atoms with Crippen molar-refractivity contribution in [1.82, 2.24) is 4.98 Å². The Morgan fingerprint density at radius 2 is 2.46 bits per heavy atom. The molecule has 1 N–H and O–H groups in total. The van der Waals surface area contributed by atoms with E-state index in [4.69, 9.17) is 0 Å². The molecule has 70 valence electrons. The number of hydrogen-bond acceptors (Lipinski definition) is 2. The van der Waals surface area contributed by atoms with Crippen LogP contribution >= 0.6 is 15.9 Å². The van der Waals surface area contributed by atoms with Gasteiger partial charge >= 0.3 is 0 Å². The van der Waals surface area contributed by atoms with Crippen LogP contribution in [0.5, 0.6) is 0 Å². The van der Waals surface area contributed by atoms with Crippen molar-refractivity contribution in [2.75, 3.05) is 11.9 Å². The molecule has 1 aromatic rings. The first kappa shape index (κ1) is 9.00. The van der Waals surface area contributed by atoms with Gasteiger partial charge in [0.15, 0.2) is 0 Å². The molecule has 2 heterocycles. The zero-order chi connectivity index (χ0) is 9.26. The van der Waals surface area contributed by atoms with Gasteiger partial charge in [0, 0.05) is 17.2 Å². The molecule has 0 bridgehead atoms. The van der Waals surface area contributed by atoms with E-state index in [9.17, 15) is 0 Å². The second-order valence-corrected chi connectivity index (χ2v) is 4.60. The van der Waals surface area contributed by atoms with Crippen molar-refractivity contribution < 1.29 is 0 Å². The Morgan fingerprint density at radius 3 is 3.31 bits per heavy atom. The summed E-state index contributed by atoms with van der Waals surface area (Å²) in [6.45, 7) is 3.32. The quantitative estimate of drug-likeness (QED) is 0.755. The second-order valence-electron chi connectivity index (χ2n) is 3.69. The molecular formula is C10H13BrN2. The van der Waals surface area contributed by atoms with E-state index in [1.807, 2.05) is 6.20 Å². The number of aromatic nitrogens is 1. The zero-order valence-corrected chi connectivity index (χ0v) is 9.26. The fourth-order valence-corrected chi connectivity index (χ4v) is 1.98. The minimum atomic E-state index is 0.743. The fourth-order valence-electron chi connectivity index (χ4n) is 1.61. The first-order chi connectivity index (χ1) is 6.25. The van der Waals surface area contributed by atoms with E-state index in [-0.39, 0.29) is 0 Å². The molecule has 2 rings (SSSR count). The molecule has 0 aromatic carbocycles. The van der Waals surface area contributed by atoms with Gasteiger partial charge in [-0.2, -0.15) is 0 Å². The van der Waals surface area contributed by atoms with Crippen LogP contribution in [0.1, 0.15) is 18.9 Å². The zero-order valence-electron chi connectivity index (χ0n) is 7.68. The minimum absolute atomic E-state index is 0.743. The number of anilines is 1. The van der Waals surface area contributed by atoms with Crippen LogP contribution in [0, 0.1) is 5.92 Å². The third kappa shape index (κ3) is 2.02. The lowest BCUT2D eigenvalue weighted by Gasteiger charge is -2.06. The minimum Gasteiger partial charge on any atom is -0.370 e. The van der Waals surface area contributed by atoms with E-state index in [1.165, 1.54) is 12.0 Å². The number of hydrogen-bond donors (Lipinski definition) is 1. The third-order valence-electron chi connectivity index (χ3n) is 2.46. The number of fused-ring (bicyclic) bond motifs is 1. The summed E-state index contributed by atoms with van der Waals surface area (Å²) in [5.74, 6) is 1.81. The molecule has 0 spiro atoms. The van der Waals surface area contributed by atoms with Crippen molar-refractivity contribution >= 4 is 21.7 Å². The van der Waals surface area contributed by atoms with Crippen molar-refractivity contribution in [2.24, 2.45) is 5.92 Å². The van der Waals surface area contributed by atoms with Crippen LogP contribution < -0.4 is 5.32 Å². The molecule has 0 radical (unpaired) electrons. The molecule has 0 amide bonds. The van der Waals surface area contributed by atoms with Crippen LogP contribution in [0.3, 0.4) is 0 Å². The molecule has 1 aliphatic rings. The predicted molar refractivity (Wildman–Crippen MR) is 57.9 cm³/mol. The average molecular weight is 241 g/mol. The molecule has 2 nitrogen and oxygen atoms in total. The summed E-state index contributed by atoms with van der Waals surface area (Å²) in [5, 5.41) is 3.37. The van der Waals surface area contributed by atoms with Gasteiger partial charge in [0.1, 0.15) is 5.82 Å². The fraction of sp³-hybridized carbons (Fsp3) is 0.500. The van der Waals surface area contributed by atoms with Gasteiger partial charge < -0.3 is 5.32 Å². The first-order valence-electron chi connectivity index (χ1n) is 4.64.